The molecule has 0 saturated heterocycles. The van der Waals surface area contributed by atoms with E-state index in [1.807, 2.05) is 39.8 Å². The third-order valence-corrected chi connectivity index (χ3v) is 4.46. The lowest BCUT2D eigenvalue weighted by Gasteiger charge is -2.25. The number of hydrogen-bond donors (Lipinski definition) is 0. The molecular weight excluding hydrogens is 341 g/mol. The van der Waals surface area contributed by atoms with Gasteiger partial charge < -0.3 is 9.47 Å². The first-order valence-electron chi connectivity index (χ1n) is 9.48. The van der Waals surface area contributed by atoms with Gasteiger partial charge in [0.15, 0.2) is 0 Å². The predicted molar refractivity (Wildman–Crippen MR) is 106 cm³/mol. The maximum Gasteiger partial charge on any atom is 0.254 e. The van der Waals surface area contributed by atoms with Crippen molar-refractivity contribution in [3.63, 3.8) is 0 Å². The molecule has 0 N–H and O–H groups in total. The van der Waals surface area contributed by atoms with Gasteiger partial charge in [-0.1, -0.05) is 39.0 Å². The molecule has 3 aromatic rings. The van der Waals surface area contributed by atoms with E-state index in [2.05, 4.69) is 20.8 Å². The average Bonchev–Trinajstić information content (AvgIpc) is 2.98. The molecule has 0 radical (unpaired) electrons. The maximum atomic E-state index is 13.7. The van der Waals surface area contributed by atoms with Gasteiger partial charge in [0.2, 0.25) is 0 Å². The van der Waals surface area contributed by atoms with Crippen molar-refractivity contribution in [3.05, 3.63) is 65.7 Å². The number of carbonyl (C=O) groups excluding carboxylic acids is 1. The van der Waals surface area contributed by atoms with Gasteiger partial charge in [-0.3, -0.25) is 4.79 Å². The summed E-state index contributed by atoms with van der Waals surface area (Å²) in [5, 5.41) is 0. The molecule has 2 aromatic carbocycles. The van der Waals surface area contributed by atoms with Crippen molar-refractivity contribution in [2.45, 2.75) is 40.3 Å². The van der Waals surface area contributed by atoms with Crippen LogP contribution in [-0.4, -0.2) is 26.9 Å². The topological polar surface area (TPSA) is 38.1 Å². The number of amides is 1. The van der Waals surface area contributed by atoms with Gasteiger partial charge in [-0.2, -0.15) is 0 Å². The zero-order chi connectivity index (χ0) is 19.4. The van der Waals surface area contributed by atoms with E-state index in [4.69, 9.17) is 4.98 Å². The standard InChI is InChI=1S/C22H26FN3O/c1-4-12-26-20-13-18(23)10-11-19(20)24-21(26)15-25(14-16(2)3)22(27)17-8-6-5-7-9-17/h5-11,13,16H,4,12,14-15H2,1-3H3. The highest BCUT2D eigenvalue weighted by Crippen LogP contribution is 2.20. The van der Waals surface area contributed by atoms with Gasteiger partial charge in [0.1, 0.15) is 11.6 Å². The van der Waals surface area contributed by atoms with E-state index in [-0.39, 0.29) is 11.7 Å². The van der Waals surface area contributed by atoms with Crippen LogP contribution in [0.1, 0.15) is 43.4 Å². The number of halogens is 1. The number of benzene rings is 2. The summed E-state index contributed by atoms with van der Waals surface area (Å²) in [5.41, 5.74) is 2.21. The molecule has 3 rings (SSSR count). The summed E-state index contributed by atoms with van der Waals surface area (Å²) < 4.78 is 15.8. The van der Waals surface area contributed by atoms with E-state index in [0.29, 0.717) is 24.6 Å². The van der Waals surface area contributed by atoms with E-state index >= 15 is 0 Å². The van der Waals surface area contributed by atoms with E-state index in [0.717, 1.165) is 29.8 Å². The van der Waals surface area contributed by atoms with Gasteiger partial charge in [-0.25, -0.2) is 9.37 Å². The Morgan fingerprint density at radius 3 is 2.59 bits per heavy atom. The third kappa shape index (κ3) is 4.35. The van der Waals surface area contributed by atoms with Crippen LogP contribution in [0.4, 0.5) is 4.39 Å². The summed E-state index contributed by atoms with van der Waals surface area (Å²) in [5.74, 6) is 0.845. The summed E-state index contributed by atoms with van der Waals surface area (Å²) in [6.07, 6.45) is 0.909. The minimum absolute atomic E-state index is 0.00872. The number of nitrogens with zero attached hydrogens (tertiary/aromatic N) is 3. The molecule has 1 aromatic heterocycles. The zero-order valence-corrected chi connectivity index (χ0v) is 16.2. The summed E-state index contributed by atoms with van der Waals surface area (Å²) in [4.78, 5) is 19.6. The van der Waals surface area contributed by atoms with Crippen LogP contribution in [0.5, 0.6) is 0 Å². The van der Waals surface area contributed by atoms with Gasteiger partial charge in [-0.15, -0.1) is 0 Å². The molecule has 0 aliphatic rings. The second kappa shape index (κ2) is 8.33. The molecule has 0 fully saturated rings. The van der Waals surface area contributed by atoms with Gasteiger partial charge in [-0.05, 0) is 42.7 Å². The van der Waals surface area contributed by atoms with Gasteiger partial charge in [0.25, 0.3) is 5.91 Å². The number of carbonyl (C=O) groups is 1. The Morgan fingerprint density at radius 1 is 1.19 bits per heavy atom. The lowest BCUT2D eigenvalue weighted by molar-refractivity contribution is 0.0716. The Kier molecular flexibility index (Phi) is 5.89. The summed E-state index contributed by atoms with van der Waals surface area (Å²) in [7, 11) is 0. The second-order valence-electron chi connectivity index (χ2n) is 7.26. The molecule has 0 saturated carbocycles. The number of hydrogen-bond acceptors (Lipinski definition) is 2. The lowest BCUT2D eigenvalue weighted by Crippen LogP contribution is -2.34. The molecule has 4 nitrogen and oxygen atoms in total. The molecule has 0 aliphatic carbocycles. The van der Waals surface area contributed by atoms with E-state index in [1.54, 1.807) is 6.07 Å². The molecule has 27 heavy (non-hydrogen) atoms. The Bertz CT molecular complexity index is 918. The first kappa shape index (κ1) is 19.1. The van der Waals surface area contributed by atoms with Crippen molar-refractivity contribution in [1.82, 2.24) is 14.5 Å². The monoisotopic (exact) mass is 367 g/mol. The van der Waals surface area contributed by atoms with E-state index in [1.165, 1.54) is 12.1 Å². The fraction of sp³-hybridized carbons (Fsp3) is 0.364. The van der Waals surface area contributed by atoms with Crippen molar-refractivity contribution >= 4 is 16.9 Å². The fourth-order valence-corrected chi connectivity index (χ4v) is 3.33. The highest BCUT2D eigenvalue weighted by molar-refractivity contribution is 5.94. The van der Waals surface area contributed by atoms with Crippen molar-refractivity contribution in [1.29, 1.82) is 0 Å². The zero-order valence-electron chi connectivity index (χ0n) is 16.2. The minimum Gasteiger partial charge on any atom is -0.331 e. The normalized spacial score (nSPS) is 11.3. The van der Waals surface area contributed by atoms with Crippen molar-refractivity contribution in [2.75, 3.05) is 6.54 Å². The molecule has 0 unspecified atom stereocenters. The minimum atomic E-state index is -0.272. The summed E-state index contributed by atoms with van der Waals surface area (Å²) in [6.45, 7) is 8.05. The van der Waals surface area contributed by atoms with Crippen LogP contribution in [0.15, 0.2) is 48.5 Å². The Labute approximate surface area is 159 Å². The summed E-state index contributed by atoms with van der Waals surface area (Å²) in [6, 6.07) is 14.0. The van der Waals surface area contributed by atoms with Crippen molar-refractivity contribution in [2.24, 2.45) is 5.92 Å². The van der Waals surface area contributed by atoms with Crippen LogP contribution in [0.2, 0.25) is 0 Å². The van der Waals surface area contributed by atoms with Crippen LogP contribution in [0.25, 0.3) is 11.0 Å². The SMILES string of the molecule is CCCn1c(CN(CC(C)C)C(=O)c2ccccc2)nc2ccc(F)cc21. The molecule has 1 heterocycles. The fourth-order valence-electron chi connectivity index (χ4n) is 3.33. The molecule has 142 valence electrons. The molecule has 1 amide bonds. The van der Waals surface area contributed by atoms with Crippen LogP contribution in [0.3, 0.4) is 0 Å². The molecule has 5 heteroatoms. The molecule has 0 bridgehead atoms. The second-order valence-corrected chi connectivity index (χ2v) is 7.26. The molecular formula is C22H26FN3O. The van der Waals surface area contributed by atoms with Crippen LogP contribution < -0.4 is 0 Å². The van der Waals surface area contributed by atoms with Crippen molar-refractivity contribution < 1.29 is 9.18 Å². The Hall–Kier alpha value is -2.69. The predicted octanol–water partition coefficient (Wildman–Crippen LogP) is 4.88. The average molecular weight is 367 g/mol. The highest BCUT2D eigenvalue weighted by atomic mass is 19.1. The van der Waals surface area contributed by atoms with E-state index < -0.39 is 0 Å². The quantitative estimate of drug-likeness (QED) is 0.597. The van der Waals surface area contributed by atoms with Gasteiger partial charge >= 0.3 is 0 Å². The summed E-state index contributed by atoms with van der Waals surface area (Å²) >= 11 is 0. The van der Waals surface area contributed by atoms with Crippen LogP contribution in [0, 0.1) is 11.7 Å². The third-order valence-electron chi connectivity index (χ3n) is 4.46. The number of imidazole rings is 1. The van der Waals surface area contributed by atoms with Crippen molar-refractivity contribution in [3.8, 4) is 0 Å². The van der Waals surface area contributed by atoms with Crippen LogP contribution in [-0.2, 0) is 13.1 Å². The lowest BCUT2D eigenvalue weighted by atomic mass is 10.1. The number of rotatable bonds is 7. The number of fused-ring (bicyclic) bond motifs is 1. The smallest absolute Gasteiger partial charge is 0.254 e. The first-order chi connectivity index (χ1) is 13.0. The largest absolute Gasteiger partial charge is 0.331 e. The number of aryl methyl sites for hydroxylation is 1. The highest BCUT2D eigenvalue weighted by Gasteiger charge is 2.21. The Morgan fingerprint density at radius 2 is 1.93 bits per heavy atom. The Balaban J connectivity index is 1.98. The van der Waals surface area contributed by atoms with E-state index in [9.17, 15) is 9.18 Å². The maximum absolute atomic E-state index is 13.7. The number of aromatic nitrogens is 2. The van der Waals surface area contributed by atoms with Gasteiger partial charge in [0.05, 0.1) is 17.6 Å². The van der Waals surface area contributed by atoms with Gasteiger partial charge in [0, 0.05) is 18.7 Å². The first-order valence-corrected chi connectivity index (χ1v) is 9.48. The molecule has 0 spiro atoms. The van der Waals surface area contributed by atoms with Crippen LogP contribution >= 0.6 is 0 Å². The molecule has 0 aliphatic heterocycles. The molecule has 0 atom stereocenters.